The Balaban J connectivity index is 2.63. The van der Waals surface area contributed by atoms with Crippen molar-refractivity contribution in [2.75, 3.05) is 32.1 Å². The zero-order valence-corrected chi connectivity index (χ0v) is 8.25. The molecule has 0 radical (unpaired) electrons. The summed E-state index contributed by atoms with van der Waals surface area (Å²) in [5.74, 6) is 0. The highest BCUT2D eigenvalue weighted by molar-refractivity contribution is 5.63. The molecule has 13 heavy (non-hydrogen) atoms. The lowest BCUT2D eigenvalue weighted by atomic mass is 10.1. The number of rotatable bonds is 3. The van der Waals surface area contributed by atoms with Gasteiger partial charge in [-0.3, -0.25) is 0 Å². The number of nitrogens with zero attached hydrogens (tertiary/aromatic N) is 1. The maximum atomic E-state index is 5.69. The van der Waals surface area contributed by atoms with Gasteiger partial charge in [-0.1, -0.05) is 6.07 Å². The molecule has 0 bridgehead atoms. The van der Waals surface area contributed by atoms with Gasteiger partial charge in [-0.05, 0) is 38.2 Å². The average Bonchev–Trinajstić information content (AvgIpc) is 2.07. The van der Waals surface area contributed by atoms with E-state index in [1.807, 2.05) is 18.2 Å². The normalized spacial score (nSPS) is 10.7. The number of nitrogen functional groups attached to an aromatic ring is 2. The fourth-order valence-electron chi connectivity index (χ4n) is 1.13. The Labute approximate surface area is 79.3 Å². The highest BCUT2D eigenvalue weighted by atomic mass is 15.0. The molecule has 0 heterocycles. The quantitative estimate of drug-likeness (QED) is 0.679. The van der Waals surface area contributed by atoms with E-state index in [2.05, 4.69) is 19.0 Å². The van der Waals surface area contributed by atoms with Gasteiger partial charge in [0.15, 0.2) is 0 Å². The first kappa shape index (κ1) is 9.86. The molecule has 72 valence electrons. The molecule has 0 amide bonds. The minimum Gasteiger partial charge on any atom is -0.397 e. The minimum absolute atomic E-state index is 0.661. The van der Waals surface area contributed by atoms with Crippen molar-refractivity contribution >= 4 is 11.4 Å². The van der Waals surface area contributed by atoms with Crippen molar-refractivity contribution in [2.24, 2.45) is 0 Å². The van der Waals surface area contributed by atoms with Crippen molar-refractivity contribution in [1.82, 2.24) is 4.90 Å². The number of nitrogens with two attached hydrogens (primary N) is 2. The first-order chi connectivity index (χ1) is 6.09. The second kappa shape index (κ2) is 4.14. The Kier molecular flexibility index (Phi) is 3.14. The summed E-state index contributed by atoms with van der Waals surface area (Å²) < 4.78 is 0. The van der Waals surface area contributed by atoms with Crippen molar-refractivity contribution in [3.8, 4) is 0 Å². The largest absolute Gasteiger partial charge is 0.397 e. The number of likely N-dealkylation sites (N-methyl/N-ethyl adjacent to an activating group) is 1. The van der Waals surface area contributed by atoms with Crippen LogP contribution in [0, 0.1) is 0 Å². The summed E-state index contributed by atoms with van der Waals surface area (Å²) in [7, 11) is 4.11. The predicted molar refractivity (Wildman–Crippen MR) is 57.5 cm³/mol. The third-order valence-corrected chi connectivity index (χ3v) is 2.00. The molecule has 0 spiro atoms. The van der Waals surface area contributed by atoms with Crippen molar-refractivity contribution in [1.29, 1.82) is 0 Å². The van der Waals surface area contributed by atoms with Gasteiger partial charge < -0.3 is 16.4 Å². The van der Waals surface area contributed by atoms with E-state index in [-0.39, 0.29) is 0 Å². The second-order valence-electron chi connectivity index (χ2n) is 3.52. The molecule has 0 saturated carbocycles. The third-order valence-electron chi connectivity index (χ3n) is 2.00. The average molecular weight is 179 g/mol. The lowest BCUT2D eigenvalue weighted by Crippen LogP contribution is -2.15. The van der Waals surface area contributed by atoms with Crippen LogP contribution in [-0.4, -0.2) is 25.5 Å². The van der Waals surface area contributed by atoms with Crippen molar-refractivity contribution in [2.45, 2.75) is 6.42 Å². The van der Waals surface area contributed by atoms with E-state index < -0.39 is 0 Å². The topological polar surface area (TPSA) is 55.3 Å². The van der Waals surface area contributed by atoms with Crippen LogP contribution in [-0.2, 0) is 6.42 Å². The Morgan fingerprint density at radius 1 is 1.15 bits per heavy atom. The van der Waals surface area contributed by atoms with Gasteiger partial charge in [-0.25, -0.2) is 0 Å². The van der Waals surface area contributed by atoms with E-state index in [0.717, 1.165) is 13.0 Å². The number of hydrogen-bond donors (Lipinski definition) is 2. The molecule has 0 unspecified atom stereocenters. The minimum atomic E-state index is 0.661. The fraction of sp³-hybridized carbons (Fsp3) is 0.400. The fourth-order valence-corrected chi connectivity index (χ4v) is 1.13. The zero-order chi connectivity index (χ0) is 9.84. The number of benzene rings is 1. The van der Waals surface area contributed by atoms with Gasteiger partial charge in [0.05, 0.1) is 11.4 Å². The van der Waals surface area contributed by atoms with Crippen LogP contribution < -0.4 is 11.5 Å². The van der Waals surface area contributed by atoms with Gasteiger partial charge in [0, 0.05) is 6.54 Å². The highest BCUT2D eigenvalue weighted by Crippen LogP contribution is 2.16. The van der Waals surface area contributed by atoms with E-state index in [0.29, 0.717) is 11.4 Å². The van der Waals surface area contributed by atoms with E-state index in [1.165, 1.54) is 5.56 Å². The van der Waals surface area contributed by atoms with E-state index in [1.54, 1.807) is 0 Å². The van der Waals surface area contributed by atoms with Gasteiger partial charge in [-0.15, -0.1) is 0 Å². The molecule has 0 aliphatic rings. The van der Waals surface area contributed by atoms with Gasteiger partial charge in [-0.2, -0.15) is 0 Å². The first-order valence-corrected chi connectivity index (χ1v) is 4.38. The Hall–Kier alpha value is -1.22. The van der Waals surface area contributed by atoms with Crippen LogP contribution in [0.3, 0.4) is 0 Å². The van der Waals surface area contributed by atoms with Crippen molar-refractivity contribution in [3.05, 3.63) is 23.8 Å². The molecular weight excluding hydrogens is 162 g/mol. The molecule has 0 fully saturated rings. The van der Waals surface area contributed by atoms with Crippen LogP contribution in [0.2, 0.25) is 0 Å². The second-order valence-corrected chi connectivity index (χ2v) is 3.52. The van der Waals surface area contributed by atoms with Crippen LogP contribution in [0.4, 0.5) is 11.4 Å². The summed E-state index contributed by atoms with van der Waals surface area (Å²) in [6.45, 7) is 1.03. The SMILES string of the molecule is CN(C)CCc1ccc(N)c(N)c1. The van der Waals surface area contributed by atoms with Crippen molar-refractivity contribution < 1.29 is 0 Å². The monoisotopic (exact) mass is 179 g/mol. The summed E-state index contributed by atoms with van der Waals surface area (Å²) in [4.78, 5) is 2.15. The molecule has 3 heteroatoms. The van der Waals surface area contributed by atoms with Gasteiger partial charge in [0.25, 0.3) is 0 Å². The van der Waals surface area contributed by atoms with Crippen LogP contribution in [0.5, 0.6) is 0 Å². The maximum absolute atomic E-state index is 5.69. The molecule has 0 aromatic heterocycles. The summed E-state index contributed by atoms with van der Waals surface area (Å²) >= 11 is 0. The lowest BCUT2D eigenvalue weighted by molar-refractivity contribution is 0.413. The van der Waals surface area contributed by atoms with E-state index in [9.17, 15) is 0 Å². The van der Waals surface area contributed by atoms with Crippen LogP contribution >= 0.6 is 0 Å². The lowest BCUT2D eigenvalue weighted by Gasteiger charge is -2.10. The molecule has 0 atom stereocenters. The molecule has 1 aromatic rings. The van der Waals surface area contributed by atoms with Crippen molar-refractivity contribution in [3.63, 3.8) is 0 Å². The zero-order valence-electron chi connectivity index (χ0n) is 8.25. The molecule has 3 nitrogen and oxygen atoms in total. The summed E-state index contributed by atoms with van der Waals surface area (Å²) in [6.07, 6.45) is 1.01. The summed E-state index contributed by atoms with van der Waals surface area (Å²) in [6, 6.07) is 5.83. The molecule has 0 saturated heterocycles. The number of hydrogen-bond acceptors (Lipinski definition) is 3. The first-order valence-electron chi connectivity index (χ1n) is 4.38. The van der Waals surface area contributed by atoms with Crippen LogP contribution in [0.15, 0.2) is 18.2 Å². The van der Waals surface area contributed by atoms with Gasteiger partial charge in [0.2, 0.25) is 0 Å². The third kappa shape index (κ3) is 2.95. The predicted octanol–water partition coefficient (Wildman–Crippen LogP) is 0.955. The standard InChI is InChI=1S/C10H17N3/c1-13(2)6-5-8-3-4-9(11)10(12)7-8/h3-4,7H,5-6,11-12H2,1-2H3. The Morgan fingerprint density at radius 2 is 1.85 bits per heavy atom. The van der Waals surface area contributed by atoms with Gasteiger partial charge in [0.1, 0.15) is 0 Å². The molecule has 1 rings (SSSR count). The molecular formula is C10H17N3. The smallest absolute Gasteiger partial charge is 0.0550 e. The molecule has 0 aliphatic carbocycles. The molecule has 4 N–H and O–H groups in total. The van der Waals surface area contributed by atoms with Crippen LogP contribution in [0.25, 0.3) is 0 Å². The van der Waals surface area contributed by atoms with E-state index in [4.69, 9.17) is 11.5 Å². The van der Waals surface area contributed by atoms with Crippen LogP contribution in [0.1, 0.15) is 5.56 Å². The van der Waals surface area contributed by atoms with Gasteiger partial charge >= 0.3 is 0 Å². The number of anilines is 2. The Bertz CT molecular complexity index is 281. The summed E-state index contributed by atoms with van der Waals surface area (Å²) in [5, 5.41) is 0. The summed E-state index contributed by atoms with van der Waals surface area (Å²) in [5.41, 5.74) is 13.9. The highest BCUT2D eigenvalue weighted by Gasteiger charge is 1.98. The molecule has 1 aromatic carbocycles. The van der Waals surface area contributed by atoms with E-state index >= 15 is 0 Å². The maximum Gasteiger partial charge on any atom is 0.0550 e. The Morgan fingerprint density at radius 3 is 2.38 bits per heavy atom. The molecule has 0 aliphatic heterocycles.